The van der Waals surface area contributed by atoms with E-state index in [1.165, 1.54) is 6.07 Å². The molecular weight excluding hydrogens is 383 g/mol. The maximum atomic E-state index is 12.6. The molecule has 28 heavy (non-hydrogen) atoms. The molecule has 1 fully saturated rings. The van der Waals surface area contributed by atoms with Crippen molar-refractivity contribution in [3.05, 3.63) is 33.4 Å². The van der Waals surface area contributed by atoms with Gasteiger partial charge in [0, 0.05) is 31.9 Å². The Morgan fingerprint density at radius 3 is 2.04 bits per heavy atom. The van der Waals surface area contributed by atoms with Gasteiger partial charge in [-0.15, -0.1) is 0 Å². The number of piperazine rings is 1. The third-order valence-electron chi connectivity index (χ3n) is 4.47. The van der Waals surface area contributed by atoms with Gasteiger partial charge in [0.25, 0.3) is 5.69 Å². The number of carbonyl (C=O) groups excluding carboxylic acids is 1. The molecule has 2 rings (SSSR count). The summed E-state index contributed by atoms with van der Waals surface area (Å²) in [5.74, 6) is -3.36. The van der Waals surface area contributed by atoms with Crippen molar-refractivity contribution in [1.82, 2.24) is 4.90 Å². The Morgan fingerprint density at radius 2 is 1.64 bits per heavy atom. The number of carboxylic acids is 1. The Hall–Kier alpha value is -2.85. The van der Waals surface area contributed by atoms with Crippen LogP contribution >= 0.6 is 0 Å². The molecule has 154 valence electrons. The monoisotopic (exact) mass is 403 g/mol. The van der Waals surface area contributed by atoms with Gasteiger partial charge in [-0.05, 0) is 17.5 Å². The number of carbonyl (C=O) groups is 2. The van der Waals surface area contributed by atoms with E-state index in [2.05, 4.69) is 0 Å². The number of aromatic carboxylic acids is 1. The van der Waals surface area contributed by atoms with Gasteiger partial charge in [-0.1, -0.05) is 20.8 Å². The van der Waals surface area contributed by atoms with E-state index in [1.807, 2.05) is 0 Å². The smallest absolute Gasteiger partial charge is 0.471 e. The number of benzene rings is 1. The molecule has 1 saturated heterocycles. The second kappa shape index (κ2) is 7.28. The van der Waals surface area contributed by atoms with Gasteiger partial charge >= 0.3 is 18.1 Å². The molecule has 0 spiro atoms. The second-order valence-electron chi connectivity index (χ2n) is 7.45. The van der Waals surface area contributed by atoms with Gasteiger partial charge in [0.15, 0.2) is 0 Å². The summed E-state index contributed by atoms with van der Waals surface area (Å²) < 4.78 is 37.8. The van der Waals surface area contributed by atoms with E-state index in [9.17, 15) is 38.0 Å². The number of rotatable bonds is 3. The molecular formula is C17H20F3N3O5. The number of anilines is 1. The number of nitro benzene ring substituents is 1. The van der Waals surface area contributed by atoms with E-state index >= 15 is 0 Å². The summed E-state index contributed by atoms with van der Waals surface area (Å²) in [4.78, 5) is 36.0. The highest BCUT2D eigenvalue weighted by molar-refractivity contribution is 5.95. The average molecular weight is 403 g/mol. The first-order valence-corrected chi connectivity index (χ1v) is 8.41. The van der Waals surface area contributed by atoms with E-state index in [0.29, 0.717) is 10.6 Å². The molecule has 0 atom stereocenters. The SMILES string of the molecule is CC(C)(C)c1c(N2CCN(C(=O)C(F)(F)F)CC2)ccc(C(=O)O)c1[N+](=O)[O-]. The molecule has 1 aromatic rings. The lowest BCUT2D eigenvalue weighted by Gasteiger charge is -2.38. The lowest BCUT2D eigenvalue weighted by Crippen LogP contribution is -2.52. The van der Waals surface area contributed by atoms with Crippen molar-refractivity contribution < 1.29 is 32.8 Å². The van der Waals surface area contributed by atoms with Crippen molar-refractivity contribution in [3.8, 4) is 0 Å². The minimum atomic E-state index is -4.96. The predicted molar refractivity (Wildman–Crippen MR) is 93.6 cm³/mol. The average Bonchev–Trinajstić information content (AvgIpc) is 2.58. The molecule has 0 bridgehead atoms. The highest BCUT2D eigenvalue weighted by Gasteiger charge is 2.43. The van der Waals surface area contributed by atoms with Crippen molar-refractivity contribution in [2.24, 2.45) is 0 Å². The molecule has 0 aromatic heterocycles. The summed E-state index contributed by atoms with van der Waals surface area (Å²) in [6, 6.07) is 2.55. The summed E-state index contributed by atoms with van der Waals surface area (Å²) >= 11 is 0. The molecule has 1 aromatic carbocycles. The van der Waals surface area contributed by atoms with Crippen LogP contribution < -0.4 is 4.90 Å². The van der Waals surface area contributed by atoms with Crippen LogP contribution in [0.1, 0.15) is 36.7 Å². The molecule has 1 aliphatic heterocycles. The van der Waals surface area contributed by atoms with E-state index in [4.69, 9.17) is 0 Å². The van der Waals surface area contributed by atoms with Gasteiger partial charge in [0.05, 0.1) is 10.5 Å². The fourth-order valence-corrected chi connectivity index (χ4v) is 3.28. The van der Waals surface area contributed by atoms with Gasteiger partial charge in [-0.25, -0.2) is 4.79 Å². The van der Waals surface area contributed by atoms with Crippen LogP contribution in [0.2, 0.25) is 0 Å². The number of alkyl halides is 3. The van der Waals surface area contributed by atoms with Crippen LogP contribution in [0.15, 0.2) is 12.1 Å². The van der Waals surface area contributed by atoms with Gasteiger partial charge in [0.1, 0.15) is 5.56 Å². The summed E-state index contributed by atoms with van der Waals surface area (Å²) in [5.41, 5.74) is -1.23. The highest BCUT2D eigenvalue weighted by Crippen LogP contribution is 2.41. The molecule has 1 aliphatic rings. The van der Waals surface area contributed by atoms with Crippen molar-refractivity contribution >= 4 is 23.3 Å². The highest BCUT2D eigenvalue weighted by atomic mass is 19.4. The lowest BCUT2D eigenvalue weighted by atomic mass is 9.82. The maximum absolute atomic E-state index is 12.6. The van der Waals surface area contributed by atoms with Crippen LogP contribution in [-0.4, -0.2) is 59.2 Å². The largest absolute Gasteiger partial charge is 0.477 e. The molecule has 0 aliphatic carbocycles. The first-order valence-electron chi connectivity index (χ1n) is 8.41. The van der Waals surface area contributed by atoms with Crippen molar-refractivity contribution in [3.63, 3.8) is 0 Å². The third kappa shape index (κ3) is 4.18. The summed E-state index contributed by atoms with van der Waals surface area (Å²) in [5, 5.41) is 20.9. The van der Waals surface area contributed by atoms with Gasteiger partial charge < -0.3 is 14.9 Å². The lowest BCUT2D eigenvalue weighted by molar-refractivity contribution is -0.386. The van der Waals surface area contributed by atoms with Gasteiger partial charge in [-0.2, -0.15) is 13.2 Å². The van der Waals surface area contributed by atoms with Crippen LogP contribution in [0.5, 0.6) is 0 Å². The van der Waals surface area contributed by atoms with Crippen LogP contribution in [0.3, 0.4) is 0 Å². The van der Waals surface area contributed by atoms with Crippen molar-refractivity contribution in [2.75, 3.05) is 31.1 Å². The van der Waals surface area contributed by atoms with Gasteiger partial charge in [-0.3, -0.25) is 14.9 Å². The van der Waals surface area contributed by atoms with Crippen molar-refractivity contribution in [2.45, 2.75) is 32.4 Å². The van der Waals surface area contributed by atoms with Crippen LogP contribution in [0.25, 0.3) is 0 Å². The first kappa shape index (κ1) is 21.5. The Kier molecular flexibility index (Phi) is 5.58. The zero-order valence-corrected chi connectivity index (χ0v) is 15.5. The first-order chi connectivity index (χ1) is 12.7. The molecule has 0 unspecified atom stereocenters. The molecule has 11 heteroatoms. The Bertz CT molecular complexity index is 809. The van der Waals surface area contributed by atoms with E-state index in [0.717, 1.165) is 6.07 Å². The number of hydrogen-bond donors (Lipinski definition) is 1. The molecule has 0 saturated carbocycles. The molecule has 8 nitrogen and oxygen atoms in total. The zero-order chi connectivity index (χ0) is 21.4. The van der Waals surface area contributed by atoms with E-state index in [-0.39, 0.29) is 31.7 Å². The normalized spacial score (nSPS) is 15.5. The standard InChI is InChI=1S/C17H20F3N3O5/c1-16(2,3)12-11(5-4-10(14(24)25)13(12)23(27)28)21-6-8-22(9-7-21)15(26)17(18,19)20/h4-5H,6-9H2,1-3H3,(H,24,25). The third-order valence-corrected chi connectivity index (χ3v) is 4.47. The number of hydrogen-bond acceptors (Lipinski definition) is 5. The Balaban J connectivity index is 2.45. The van der Waals surface area contributed by atoms with Crippen molar-refractivity contribution in [1.29, 1.82) is 0 Å². The maximum Gasteiger partial charge on any atom is 0.471 e. The molecule has 1 amide bonds. The quantitative estimate of drug-likeness (QED) is 0.615. The number of nitrogens with zero attached hydrogens (tertiary/aromatic N) is 3. The molecule has 1 heterocycles. The minimum Gasteiger partial charge on any atom is -0.477 e. The zero-order valence-electron chi connectivity index (χ0n) is 15.5. The van der Waals surface area contributed by atoms with Crippen LogP contribution in [-0.2, 0) is 10.2 Å². The predicted octanol–water partition coefficient (Wildman–Crippen LogP) is 2.80. The number of amides is 1. The topological polar surface area (TPSA) is 104 Å². The van der Waals surface area contributed by atoms with Crippen LogP contribution in [0.4, 0.5) is 24.5 Å². The van der Waals surface area contributed by atoms with E-state index in [1.54, 1.807) is 25.7 Å². The van der Waals surface area contributed by atoms with Crippen LogP contribution in [0, 0.1) is 10.1 Å². The Labute approximate surface area is 158 Å². The number of halogens is 3. The summed E-state index contributed by atoms with van der Waals surface area (Å²) in [6.45, 7) is 4.74. The second-order valence-corrected chi connectivity index (χ2v) is 7.45. The minimum absolute atomic E-state index is 0.0362. The number of carboxylic acid groups (broad SMARTS) is 1. The summed E-state index contributed by atoms with van der Waals surface area (Å²) in [7, 11) is 0. The van der Waals surface area contributed by atoms with Gasteiger partial charge in [0.2, 0.25) is 0 Å². The van der Waals surface area contributed by atoms with E-state index < -0.39 is 39.6 Å². The Morgan fingerprint density at radius 1 is 1.11 bits per heavy atom. The molecule has 1 N–H and O–H groups in total. The summed E-state index contributed by atoms with van der Waals surface area (Å²) in [6.07, 6.45) is -4.96. The number of nitro groups is 1. The molecule has 0 radical (unpaired) electrons. The fraction of sp³-hybridized carbons (Fsp3) is 0.529. The fourth-order valence-electron chi connectivity index (χ4n) is 3.28.